The monoisotopic (exact) mass is 401 g/mol. The van der Waals surface area contributed by atoms with Crippen molar-refractivity contribution < 1.29 is 24.1 Å². The SMILES string of the molecule is COc1cc([N+](=O)[O-])ccc1NC(=O)C[NH+]1CCN(c2ccccc2OC)CC1. The predicted molar refractivity (Wildman–Crippen MR) is 109 cm³/mol. The van der Waals surface area contributed by atoms with Crippen LogP contribution in [-0.2, 0) is 4.79 Å². The Hall–Kier alpha value is -3.33. The molecule has 0 atom stereocenters. The van der Waals surface area contributed by atoms with E-state index in [1.165, 1.54) is 30.2 Å². The summed E-state index contributed by atoms with van der Waals surface area (Å²) < 4.78 is 10.6. The van der Waals surface area contributed by atoms with Crippen LogP contribution >= 0.6 is 0 Å². The molecule has 2 aromatic carbocycles. The number of carbonyl (C=O) groups is 1. The summed E-state index contributed by atoms with van der Waals surface area (Å²) in [6.07, 6.45) is 0. The standard InChI is InChI=1S/C20H24N4O5/c1-28-18-6-4-3-5-17(18)23-11-9-22(10-12-23)14-20(25)21-16-8-7-15(24(26)27)13-19(16)29-2/h3-8,13H,9-12,14H2,1-2H3,(H,21,25)/p+1. The number of benzene rings is 2. The first-order valence-electron chi connectivity index (χ1n) is 9.35. The number of nitrogens with one attached hydrogen (secondary N) is 2. The molecular formula is C20H25N4O5+. The number of rotatable bonds is 7. The number of methoxy groups -OCH3 is 2. The quantitative estimate of drug-likeness (QED) is 0.530. The smallest absolute Gasteiger partial charge is 0.279 e. The molecule has 0 aromatic heterocycles. The van der Waals surface area contributed by atoms with Crippen LogP contribution in [0.1, 0.15) is 0 Å². The fraction of sp³-hybridized carbons (Fsp3) is 0.350. The lowest BCUT2D eigenvalue weighted by atomic mass is 10.2. The minimum atomic E-state index is -0.501. The van der Waals surface area contributed by atoms with Crippen LogP contribution in [0.15, 0.2) is 42.5 Å². The highest BCUT2D eigenvalue weighted by molar-refractivity contribution is 5.93. The Balaban J connectivity index is 1.56. The third-order valence-electron chi connectivity index (χ3n) is 4.98. The number of nitrogens with zero attached hydrogens (tertiary/aromatic N) is 2. The molecule has 0 saturated carbocycles. The maximum Gasteiger partial charge on any atom is 0.279 e. The summed E-state index contributed by atoms with van der Waals surface area (Å²) in [5, 5.41) is 13.7. The number of anilines is 2. The zero-order valence-electron chi connectivity index (χ0n) is 16.5. The van der Waals surface area contributed by atoms with Crippen LogP contribution in [0.5, 0.6) is 11.5 Å². The summed E-state index contributed by atoms with van der Waals surface area (Å²) in [5.74, 6) is 0.959. The van der Waals surface area contributed by atoms with Crippen molar-refractivity contribution in [3.63, 3.8) is 0 Å². The van der Waals surface area contributed by atoms with Gasteiger partial charge in [-0.25, -0.2) is 0 Å². The van der Waals surface area contributed by atoms with Gasteiger partial charge in [-0.2, -0.15) is 0 Å². The van der Waals surface area contributed by atoms with Crippen LogP contribution in [0.25, 0.3) is 0 Å². The van der Waals surface area contributed by atoms with E-state index in [-0.39, 0.29) is 17.3 Å². The van der Waals surface area contributed by atoms with Crippen molar-refractivity contribution in [2.45, 2.75) is 0 Å². The predicted octanol–water partition coefficient (Wildman–Crippen LogP) is 0.956. The van der Waals surface area contributed by atoms with Crippen LogP contribution in [0, 0.1) is 10.1 Å². The lowest BCUT2D eigenvalue weighted by molar-refractivity contribution is -0.892. The number of para-hydroxylation sites is 2. The van der Waals surface area contributed by atoms with Crippen molar-refractivity contribution in [3.8, 4) is 11.5 Å². The molecule has 2 aromatic rings. The fourth-order valence-electron chi connectivity index (χ4n) is 3.45. The van der Waals surface area contributed by atoms with E-state index in [9.17, 15) is 14.9 Å². The van der Waals surface area contributed by atoms with E-state index < -0.39 is 4.92 Å². The van der Waals surface area contributed by atoms with Gasteiger partial charge >= 0.3 is 0 Å². The molecule has 0 bridgehead atoms. The van der Waals surface area contributed by atoms with Gasteiger partial charge in [0, 0.05) is 6.07 Å². The highest BCUT2D eigenvalue weighted by Gasteiger charge is 2.24. The molecule has 9 heteroatoms. The van der Waals surface area contributed by atoms with Gasteiger partial charge in [-0.05, 0) is 18.2 Å². The number of piperazine rings is 1. The zero-order valence-corrected chi connectivity index (χ0v) is 16.5. The summed E-state index contributed by atoms with van der Waals surface area (Å²) in [7, 11) is 3.08. The minimum Gasteiger partial charge on any atom is -0.495 e. The first kappa shape index (κ1) is 20.4. The Labute approximate surface area is 169 Å². The second-order valence-electron chi connectivity index (χ2n) is 6.78. The molecular weight excluding hydrogens is 376 g/mol. The molecule has 0 radical (unpaired) electrons. The lowest BCUT2D eigenvalue weighted by Crippen LogP contribution is -3.15. The lowest BCUT2D eigenvalue weighted by Gasteiger charge is -2.34. The number of ether oxygens (including phenoxy) is 2. The maximum atomic E-state index is 12.5. The van der Waals surface area contributed by atoms with Gasteiger partial charge < -0.3 is 24.6 Å². The van der Waals surface area contributed by atoms with Crippen molar-refractivity contribution in [2.75, 3.05) is 57.2 Å². The topological polar surface area (TPSA) is 98.4 Å². The number of carbonyl (C=O) groups excluding carboxylic acids is 1. The molecule has 29 heavy (non-hydrogen) atoms. The molecule has 1 aliphatic rings. The summed E-state index contributed by atoms with van der Waals surface area (Å²) in [4.78, 5) is 26.3. The van der Waals surface area contributed by atoms with E-state index in [1.807, 2.05) is 24.3 Å². The third-order valence-corrected chi connectivity index (χ3v) is 4.98. The Kier molecular flexibility index (Phi) is 6.50. The number of nitro groups is 1. The zero-order chi connectivity index (χ0) is 20.8. The molecule has 154 valence electrons. The van der Waals surface area contributed by atoms with Crippen LogP contribution in [-0.4, -0.2) is 57.8 Å². The average Bonchev–Trinajstić information content (AvgIpc) is 2.74. The number of hydrogen-bond donors (Lipinski definition) is 2. The Morgan fingerprint density at radius 3 is 2.48 bits per heavy atom. The minimum absolute atomic E-state index is 0.0852. The van der Waals surface area contributed by atoms with Crippen LogP contribution in [0.4, 0.5) is 17.1 Å². The summed E-state index contributed by atoms with van der Waals surface area (Å²) in [5.41, 5.74) is 1.40. The van der Waals surface area contributed by atoms with Gasteiger partial charge in [0.2, 0.25) is 0 Å². The fourth-order valence-corrected chi connectivity index (χ4v) is 3.45. The summed E-state index contributed by atoms with van der Waals surface area (Å²) in [6, 6.07) is 12.1. The van der Waals surface area contributed by atoms with Gasteiger partial charge in [0.25, 0.3) is 11.6 Å². The van der Waals surface area contributed by atoms with Crippen molar-refractivity contribution in [1.29, 1.82) is 0 Å². The van der Waals surface area contributed by atoms with Crippen molar-refractivity contribution in [1.82, 2.24) is 0 Å². The summed E-state index contributed by atoms with van der Waals surface area (Å²) in [6.45, 7) is 3.61. The molecule has 2 N–H and O–H groups in total. The molecule has 3 rings (SSSR count). The van der Waals surface area contributed by atoms with E-state index in [0.29, 0.717) is 12.2 Å². The van der Waals surface area contributed by atoms with Gasteiger partial charge in [-0.15, -0.1) is 0 Å². The van der Waals surface area contributed by atoms with Gasteiger partial charge in [0.1, 0.15) is 11.5 Å². The largest absolute Gasteiger partial charge is 0.495 e. The highest BCUT2D eigenvalue weighted by atomic mass is 16.6. The molecule has 1 aliphatic heterocycles. The van der Waals surface area contributed by atoms with E-state index in [1.54, 1.807) is 7.11 Å². The third kappa shape index (κ3) is 4.94. The first-order chi connectivity index (χ1) is 14.0. The Bertz CT molecular complexity index is 881. The number of quaternary nitrogens is 1. The van der Waals surface area contributed by atoms with Gasteiger partial charge in [-0.3, -0.25) is 14.9 Å². The highest BCUT2D eigenvalue weighted by Crippen LogP contribution is 2.29. The average molecular weight is 401 g/mol. The molecule has 0 unspecified atom stereocenters. The first-order valence-corrected chi connectivity index (χ1v) is 9.35. The number of non-ortho nitro benzene ring substituents is 1. The normalized spacial score (nSPS) is 14.3. The second kappa shape index (κ2) is 9.24. The molecule has 1 fully saturated rings. The maximum absolute atomic E-state index is 12.5. The molecule has 9 nitrogen and oxygen atoms in total. The molecule has 0 spiro atoms. The van der Waals surface area contributed by atoms with Crippen molar-refractivity contribution >= 4 is 23.0 Å². The van der Waals surface area contributed by atoms with Crippen molar-refractivity contribution in [3.05, 3.63) is 52.6 Å². The molecule has 0 aliphatic carbocycles. The van der Waals surface area contributed by atoms with E-state index in [0.717, 1.165) is 37.6 Å². The Morgan fingerprint density at radius 1 is 1.14 bits per heavy atom. The molecule has 1 heterocycles. The number of amides is 1. The van der Waals surface area contributed by atoms with Gasteiger partial charge in [0.05, 0.1) is 62.8 Å². The molecule has 1 saturated heterocycles. The number of nitro benzene ring substituents is 1. The van der Waals surface area contributed by atoms with Crippen LogP contribution < -0.4 is 24.6 Å². The van der Waals surface area contributed by atoms with Crippen LogP contribution in [0.2, 0.25) is 0 Å². The Morgan fingerprint density at radius 2 is 1.83 bits per heavy atom. The van der Waals surface area contributed by atoms with Crippen LogP contribution in [0.3, 0.4) is 0 Å². The van der Waals surface area contributed by atoms with Gasteiger partial charge in [-0.1, -0.05) is 12.1 Å². The van der Waals surface area contributed by atoms with E-state index in [4.69, 9.17) is 9.47 Å². The second-order valence-corrected chi connectivity index (χ2v) is 6.78. The van der Waals surface area contributed by atoms with E-state index in [2.05, 4.69) is 10.2 Å². The number of hydrogen-bond acceptors (Lipinski definition) is 6. The van der Waals surface area contributed by atoms with Gasteiger partial charge in [0.15, 0.2) is 6.54 Å². The van der Waals surface area contributed by atoms with E-state index >= 15 is 0 Å². The van der Waals surface area contributed by atoms with Crippen molar-refractivity contribution in [2.24, 2.45) is 0 Å². The molecule has 1 amide bonds. The summed E-state index contributed by atoms with van der Waals surface area (Å²) >= 11 is 0.